The van der Waals surface area contributed by atoms with Crippen molar-refractivity contribution < 1.29 is 0 Å². The molecule has 0 aliphatic rings. The highest BCUT2D eigenvalue weighted by Gasteiger charge is 2.01. The molecular formula is C5H11Cl2N3S. The topological polar surface area (TPSA) is 64.9 Å². The standard InChI is InChI=1S/C5H9N3S.2ClH/c1-3(6)4-2-9-5(7)8-4;;/h2-3H,6H2,1H3,(H2,7,8);2*1H/t3-;;/m1../s1. The van der Waals surface area contributed by atoms with Gasteiger partial charge in [-0.25, -0.2) is 4.98 Å². The van der Waals surface area contributed by atoms with E-state index in [1.54, 1.807) is 0 Å². The van der Waals surface area contributed by atoms with Crippen LogP contribution in [0.4, 0.5) is 5.13 Å². The van der Waals surface area contributed by atoms with Crippen molar-refractivity contribution >= 4 is 41.3 Å². The minimum atomic E-state index is -0.00134. The molecule has 0 spiro atoms. The molecule has 11 heavy (non-hydrogen) atoms. The molecule has 0 bridgehead atoms. The molecule has 0 saturated heterocycles. The first kappa shape index (κ1) is 13.6. The average Bonchev–Trinajstić information content (AvgIpc) is 2.14. The van der Waals surface area contributed by atoms with Crippen LogP contribution in [0, 0.1) is 0 Å². The van der Waals surface area contributed by atoms with Crippen LogP contribution in [0.5, 0.6) is 0 Å². The van der Waals surface area contributed by atoms with E-state index in [4.69, 9.17) is 11.5 Å². The molecule has 6 heteroatoms. The smallest absolute Gasteiger partial charge is 0.180 e. The molecule has 0 aliphatic heterocycles. The van der Waals surface area contributed by atoms with Gasteiger partial charge in [0.05, 0.1) is 5.69 Å². The monoisotopic (exact) mass is 215 g/mol. The Bertz CT molecular complexity index is 201. The first-order valence-electron chi connectivity index (χ1n) is 2.66. The van der Waals surface area contributed by atoms with Crippen LogP contribution in [0.1, 0.15) is 18.7 Å². The molecule has 4 N–H and O–H groups in total. The number of nitrogens with two attached hydrogens (primary N) is 2. The second-order valence-corrected chi connectivity index (χ2v) is 2.79. The lowest BCUT2D eigenvalue weighted by atomic mass is 10.3. The van der Waals surface area contributed by atoms with Gasteiger partial charge in [-0.15, -0.1) is 36.2 Å². The van der Waals surface area contributed by atoms with E-state index < -0.39 is 0 Å². The molecule has 1 atom stereocenters. The van der Waals surface area contributed by atoms with Crippen LogP contribution >= 0.6 is 36.2 Å². The van der Waals surface area contributed by atoms with Crippen molar-refractivity contribution in [3.05, 3.63) is 11.1 Å². The summed E-state index contributed by atoms with van der Waals surface area (Å²) < 4.78 is 0. The first-order valence-corrected chi connectivity index (χ1v) is 3.54. The summed E-state index contributed by atoms with van der Waals surface area (Å²) in [6.45, 7) is 1.88. The van der Waals surface area contributed by atoms with Crippen molar-refractivity contribution in [1.82, 2.24) is 4.98 Å². The van der Waals surface area contributed by atoms with Crippen LogP contribution in [0.25, 0.3) is 0 Å². The average molecular weight is 216 g/mol. The fraction of sp³-hybridized carbons (Fsp3) is 0.400. The van der Waals surface area contributed by atoms with Gasteiger partial charge in [0, 0.05) is 11.4 Å². The van der Waals surface area contributed by atoms with Crippen molar-refractivity contribution in [3.63, 3.8) is 0 Å². The summed E-state index contributed by atoms with van der Waals surface area (Å²) >= 11 is 1.42. The molecule has 1 aromatic heterocycles. The summed E-state index contributed by atoms with van der Waals surface area (Å²) in [7, 11) is 0. The molecule has 3 nitrogen and oxygen atoms in total. The highest BCUT2D eigenvalue weighted by molar-refractivity contribution is 7.13. The van der Waals surface area contributed by atoms with Crippen molar-refractivity contribution in [2.24, 2.45) is 5.73 Å². The van der Waals surface area contributed by atoms with Crippen LogP contribution in [-0.4, -0.2) is 4.98 Å². The summed E-state index contributed by atoms with van der Waals surface area (Å²) in [6.07, 6.45) is 0. The fourth-order valence-electron chi connectivity index (χ4n) is 0.510. The van der Waals surface area contributed by atoms with Crippen LogP contribution in [0.15, 0.2) is 5.38 Å². The van der Waals surface area contributed by atoms with Gasteiger partial charge in [-0.2, -0.15) is 0 Å². The number of nitrogen functional groups attached to an aromatic ring is 1. The summed E-state index contributed by atoms with van der Waals surface area (Å²) in [4.78, 5) is 3.98. The molecule has 1 rings (SSSR count). The number of halogens is 2. The van der Waals surface area contributed by atoms with E-state index in [9.17, 15) is 0 Å². The molecule has 1 heterocycles. The lowest BCUT2D eigenvalue weighted by Crippen LogP contribution is -2.05. The minimum absolute atomic E-state index is 0. The molecule has 1 aromatic rings. The Morgan fingerprint density at radius 3 is 2.27 bits per heavy atom. The number of anilines is 1. The second-order valence-electron chi connectivity index (χ2n) is 1.90. The van der Waals surface area contributed by atoms with Gasteiger partial charge in [-0.05, 0) is 6.92 Å². The quantitative estimate of drug-likeness (QED) is 0.749. The van der Waals surface area contributed by atoms with Crippen LogP contribution in [0.3, 0.4) is 0 Å². The molecule has 0 radical (unpaired) electrons. The number of hydrogen-bond donors (Lipinski definition) is 2. The minimum Gasteiger partial charge on any atom is -0.375 e. The molecule has 0 aromatic carbocycles. The number of aromatic nitrogens is 1. The van der Waals surface area contributed by atoms with Crippen LogP contribution in [0.2, 0.25) is 0 Å². The molecule has 66 valence electrons. The van der Waals surface area contributed by atoms with Crippen molar-refractivity contribution in [2.75, 3.05) is 5.73 Å². The van der Waals surface area contributed by atoms with E-state index in [0.29, 0.717) is 5.13 Å². The van der Waals surface area contributed by atoms with E-state index in [-0.39, 0.29) is 30.9 Å². The predicted octanol–water partition coefficient (Wildman–Crippen LogP) is 1.59. The third-order valence-corrected chi connectivity index (χ3v) is 1.70. The zero-order valence-electron chi connectivity index (χ0n) is 5.98. The van der Waals surface area contributed by atoms with E-state index in [0.717, 1.165) is 5.69 Å². The largest absolute Gasteiger partial charge is 0.375 e. The van der Waals surface area contributed by atoms with Crippen LogP contribution in [-0.2, 0) is 0 Å². The number of thiazole rings is 1. The van der Waals surface area contributed by atoms with Gasteiger partial charge in [0.25, 0.3) is 0 Å². The van der Waals surface area contributed by atoms with Crippen LogP contribution < -0.4 is 11.5 Å². The van der Waals surface area contributed by atoms with Gasteiger partial charge >= 0.3 is 0 Å². The van der Waals surface area contributed by atoms with Gasteiger partial charge in [-0.1, -0.05) is 0 Å². The van der Waals surface area contributed by atoms with Crippen molar-refractivity contribution in [2.45, 2.75) is 13.0 Å². The summed E-state index contributed by atoms with van der Waals surface area (Å²) in [5.74, 6) is 0. The first-order chi connectivity index (χ1) is 4.20. The Balaban J connectivity index is 0. The third-order valence-electron chi connectivity index (χ3n) is 1.01. The van der Waals surface area contributed by atoms with Gasteiger partial charge in [0.2, 0.25) is 0 Å². The molecular weight excluding hydrogens is 205 g/mol. The van der Waals surface area contributed by atoms with Gasteiger partial charge in [0.1, 0.15) is 0 Å². The Kier molecular flexibility index (Phi) is 6.90. The zero-order chi connectivity index (χ0) is 6.85. The highest BCUT2D eigenvalue weighted by atomic mass is 35.5. The van der Waals surface area contributed by atoms with Gasteiger partial charge < -0.3 is 11.5 Å². The maximum Gasteiger partial charge on any atom is 0.180 e. The number of nitrogens with zero attached hydrogens (tertiary/aromatic N) is 1. The van der Waals surface area contributed by atoms with Gasteiger partial charge in [0.15, 0.2) is 5.13 Å². The normalized spacial score (nSPS) is 11.1. The Morgan fingerprint density at radius 2 is 2.09 bits per heavy atom. The lowest BCUT2D eigenvalue weighted by molar-refractivity contribution is 0.791. The maximum absolute atomic E-state index is 5.52. The van der Waals surface area contributed by atoms with Crippen molar-refractivity contribution in [3.8, 4) is 0 Å². The maximum atomic E-state index is 5.52. The van der Waals surface area contributed by atoms with Gasteiger partial charge in [-0.3, -0.25) is 0 Å². The molecule has 0 aliphatic carbocycles. The Morgan fingerprint density at radius 1 is 1.55 bits per heavy atom. The van der Waals surface area contributed by atoms with E-state index in [1.165, 1.54) is 11.3 Å². The predicted molar refractivity (Wildman–Crippen MR) is 53.6 cm³/mol. The zero-order valence-corrected chi connectivity index (χ0v) is 8.43. The van der Waals surface area contributed by atoms with E-state index in [2.05, 4.69) is 4.98 Å². The summed E-state index contributed by atoms with van der Waals surface area (Å²) in [6, 6.07) is -0.00134. The SMILES string of the molecule is C[C@@H](N)c1csc(N)n1.Cl.Cl. The second kappa shape index (κ2) is 5.60. The number of rotatable bonds is 1. The lowest BCUT2D eigenvalue weighted by Gasteiger charge is -1.95. The molecule has 0 amide bonds. The van der Waals surface area contributed by atoms with Crippen molar-refractivity contribution in [1.29, 1.82) is 0 Å². The Hall–Kier alpha value is -0.0300. The highest BCUT2D eigenvalue weighted by Crippen LogP contribution is 2.15. The van der Waals surface area contributed by atoms with E-state index in [1.807, 2.05) is 12.3 Å². The number of hydrogen-bond acceptors (Lipinski definition) is 4. The van der Waals surface area contributed by atoms with E-state index >= 15 is 0 Å². The third kappa shape index (κ3) is 3.76. The Labute approximate surface area is 82.0 Å². The molecule has 0 saturated carbocycles. The summed E-state index contributed by atoms with van der Waals surface area (Å²) in [5, 5.41) is 2.46. The fourth-order valence-corrected chi connectivity index (χ4v) is 1.18. The molecule has 0 unspecified atom stereocenters. The molecule has 0 fully saturated rings. The summed E-state index contributed by atoms with van der Waals surface area (Å²) in [5.41, 5.74) is 11.8.